The molecule has 0 saturated carbocycles. The van der Waals surface area contributed by atoms with Crippen molar-refractivity contribution in [3.05, 3.63) is 33.6 Å². The molecule has 0 aliphatic carbocycles. The van der Waals surface area contributed by atoms with Gasteiger partial charge < -0.3 is 15.2 Å². The van der Waals surface area contributed by atoms with Gasteiger partial charge in [0, 0.05) is 4.47 Å². The molecule has 25 heavy (non-hydrogen) atoms. The van der Waals surface area contributed by atoms with E-state index in [0.29, 0.717) is 17.2 Å². The van der Waals surface area contributed by atoms with E-state index in [2.05, 4.69) is 25.8 Å². The number of aromatic nitrogens is 2. The Morgan fingerprint density at radius 3 is 2.64 bits per heavy atom. The highest BCUT2D eigenvalue weighted by Gasteiger charge is 2.23. The second-order valence-electron chi connectivity index (χ2n) is 5.50. The third-order valence-electron chi connectivity index (χ3n) is 3.59. The van der Waals surface area contributed by atoms with Gasteiger partial charge in [-0.1, -0.05) is 15.9 Å². The molecule has 1 amide bonds. The highest BCUT2D eigenvalue weighted by atomic mass is 79.9. The van der Waals surface area contributed by atoms with Gasteiger partial charge in [-0.3, -0.25) is 14.2 Å². The molecular formula is C14H15BrN4O5S. The molecule has 0 fully saturated rings. The number of primary amides is 1. The number of anilines is 1. The smallest absolute Gasteiger partial charge is 0.271 e. The average Bonchev–Trinajstić information content (AvgIpc) is 3.05. The van der Waals surface area contributed by atoms with E-state index in [0.717, 1.165) is 16.3 Å². The predicted molar refractivity (Wildman–Crippen MR) is 93.3 cm³/mol. The van der Waals surface area contributed by atoms with Gasteiger partial charge in [0.2, 0.25) is 16.8 Å². The zero-order valence-electron chi connectivity index (χ0n) is 13.4. The van der Waals surface area contributed by atoms with Gasteiger partial charge in [0.05, 0.1) is 18.5 Å². The van der Waals surface area contributed by atoms with Crippen LogP contribution in [0.15, 0.2) is 16.6 Å². The number of hydrogen-bond donors (Lipinski definition) is 2. The lowest BCUT2D eigenvalue weighted by atomic mass is 10.2. The minimum Gasteiger partial charge on any atom is -0.454 e. The number of rotatable bonds is 5. The molecule has 3 N–H and O–H groups in total. The van der Waals surface area contributed by atoms with E-state index in [4.69, 9.17) is 15.2 Å². The summed E-state index contributed by atoms with van der Waals surface area (Å²) in [4.78, 5) is 11.6. The predicted octanol–water partition coefficient (Wildman–Crippen LogP) is 1.20. The summed E-state index contributed by atoms with van der Waals surface area (Å²) in [6.45, 7) is 2.07. The van der Waals surface area contributed by atoms with Crippen LogP contribution in [0.25, 0.3) is 0 Å². The lowest BCUT2D eigenvalue weighted by Crippen LogP contribution is -2.17. The number of nitrogens with two attached hydrogens (primary N) is 1. The molecule has 1 aliphatic rings. The van der Waals surface area contributed by atoms with Crippen LogP contribution in [0.4, 0.5) is 5.69 Å². The first-order valence-electron chi connectivity index (χ1n) is 7.08. The number of benzene rings is 1. The average molecular weight is 431 g/mol. The zero-order chi connectivity index (χ0) is 18.4. The van der Waals surface area contributed by atoms with Crippen molar-refractivity contribution in [3.63, 3.8) is 0 Å². The topological polar surface area (TPSA) is 126 Å². The van der Waals surface area contributed by atoms with E-state index in [-0.39, 0.29) is 24.7 Å². The van der Waals surface area contributed by atoms with Crippen LogP contribution >= 0.6 is 15.9 Å². The molecule has 0 spiro atoms. The minimum atomic E-state index is -3.59. The first-order valence-corrected chi connectivity index (χ1v) is 9.77. The van der Waals surface area contributed by atoms with Gasteiger partial charge in [0.25, 0.3) is 5.91 Å². The molecule has 0 atom stereocenters. The van der Waals surface area contributed by atoms with Crippen LogP contribution in [-0.2, 0) is 16.6 Å². The lowest BCUT2D eigenvalue weighted by molar-refractivity contribution is 0.0995. The fourth-order valence-electron chi connectivity index (χ4n) is 2.42. The molecule has 0 unspecified atom stereocenters. The molecule has 0 bridgehead atoms. The summed E-state index contributed by atoms with van der Waals surface area (Å²) in [5.41, 5.74) is 6.53. The number of nitrogens with one attached hydrogen (secondary N) is 1. The van der Waals surface area contributed by atoms with Crippen molar-refractivity contribution in [2.45, 2.75) is 13.5 Å². The Hall–Kier alpha value is -2.27. The van der Waals surface area contributed by atoms with Gasteiger partial charge in [0.1, 0.15) is 5.69 Å². The minimum absolute atomic E-state index is 0.0758. The number of carbonyl (C=O) groups excluding carboxylic acids is 1. The Morgan fingerprint density at radius 2 is 2.04 bits per heavy atom. The van der Waals surface area contributed by atoms with E-state index >= 15 is 0 Å². The summed E-state index contributed by atoms with van der Waals surface area (Å²) in [7, 11) is -3.59. The number of amides is 1. The van der Waals surface area contributed by atoms with Crippen LogP contribution in [0, 0.1) is 6.92 Å². The Labute approximate surface area is 152 Å². The fourth-order valence-corrected chi connectivity index (χ4v) is 3.48. The van der Waals surface area contributed by atoms with Crippen molar-refractivity contribution < 1.29 is 22.7 Å². The Kier molecular flexibility index (Phi) is 4.37. The first-order chi connectivity index (χ1) is 11.7. The number of ether oxygens (including phenoxy) is 2. The summed E-state index contributed by atoms with van der Waals surface area (Å²) in [5, 5.41) is 4.15. The quantitative estimate of drug-likeness (QED) is 0.733. The van der Waals surface area contributed by atoms with Crippen LogP contribution in [-0.4, -0.2) is 37.2 Å². The van der Waals surface area contributed by atoms with Crippen molar-refractivity contribution in [3.8, 4) is 11.5 Å². The van der Waals surface area contributed by atoms with Crippen molar-refractivity contribution in [2.24, 2.45) is 5.73 Å². The van der Waals surface area contributed by atoms with Crippen molar-refractivity contribution >= 4 is 37.5 Å². The molecular weight excluding hydrogens is 416 g/mol. The maximum atomic E-state index is 11.6. The molecule has 134 valence electrons. The normalized spacial score (nSPS) is 13.1. The van der Waals surface area contributed by atoms with E-state index in [1.165, 1.54) is 4.68 Å². The SMILES string of the molecule is Cc1c(NS(C)(=O)=O)c(C(N)=O)nn1Cc1cc2c(cc1Br)OCO2. The molecule has 9 nitrogen and oxygen atoms in total. The van der Waals surface area contributed by atoms with E-state index in [9.17, 15) is 13.2 Å². The van der Waals surface area contributed by atoms with Crippen LogP contribution in [0.1, 0.15) is 21.7 Å². The highest BCUT2D eigenvalue weighted by Crippen LogP contribution is 2.37. The third kappa shape index (κ3) is 3.56. The maximum absolute atomic E-state index is 11.6. The van der Waals surface area contributed by atoms with E-state index in [1.807, 2.05) is 0 Å². The monoisotopic (exact) mass is 430 g/mol. The standard InChI is InChI=1S/C14H15BrN4O5S/c1-7-12(18-25(2,21)22)13(14(16)20)17-19(7)5-8-3-10-11(4-9(8)15)24-6-23-10/h3-4,18H,5-6H2,1-2H3,(H2,16,20). The van der Waals surface area contributed by atoms with Gasteiger partial charge in [-0.05, 0) is 24.6 Å². The summed E-state index contributed by atoms with van der Waals surface area (Å²) in [6.07, 6.45) is 0.989. The molecule has 2 heterocycles. The van der Waals surface area contributed by atoms with Crippen molar-refractivity contribution in [1.29, 1.82) is 0 Å². The van der Waals surface area contributed by atoms with Gasteiger partial charge in [-0.25, -0.2) is 8.42 Å². The van der Waals surface area contributed by atoms with E-state index in [1.54, 1.807) is 19.1 Å². The summed E-state index contributed by atoms with van der Waals surface area (Å²) < 4.78 is 38.3. The number of fused-ring (bicyclic) bond motifs is 1. The number of carbonyl (C=O) groups is 1. The molecule has 2 aromatic rings. The zero-order valence-corrected chi connectivity index (χ0v) is 15.8. The van der Waals surface area contributed by atoms with Gasteiger partial charge in [0.15, 0.2) is 17.2 Å². The highest BCUT2D eigenvalue weighted by molar-refractivity contribution is 9.10. The van der Waals surface area contributed by atoms with Gasteiger partial charge in [-0.15, -0.1) is 0 Å². The molecule has 11 heteroatoms. The first kappa shape index (κ1) is 17.5. The second kappa shape index (κ2) is 6.23. The molecule has 3 rings (SSSR count). The Balaban J connectivity index is 2.01. The summed E-state index contributed by atoms with van der Waals surface area (Å²) >= 11 is 3.46. The Bertz CT molecular complexity index is 970. The third-order valence-corrected chi connectivity index (χ3v) is 4.90. The van der Waals surface area contributed by atoms with Crippen molar-refractivity contribution in [2.75, 3.05) is 17.8 Å². The van der Waals surface area contributed by atoms with Crippen LogP contribution in [0.2, 0.25) is 0 Å². The van der Waals surface area contributed by atoms with Crippen LogP contribution in [0.5, 0.6) is 11.5 Å². The van der Waals surface area contributed by atoms with Gasteiger partial charge >= 0.3 is 0 Å². The summed E-state index contributed by atoms with van der Waals surface area (Å²) in [6, 6.07) is 3.57. The molecule has 0 saturated heterocycles. The summed E-state index contributed by atoms with van der Waals surface area (Å²) in [5.74, 6) is 0.412. The number of sulfonamides is 1. The van der Waals surface area contributed by atoms with Crippen LogP contribution < -0.4 is 19.9 Å². The molecule has 1 aromatic carbocycles. The Morgan fingerprint density at radius 1 is 1.40 bits per heavy atom. The molecule has 1 aliphatic heterocycles. The number of nitrogens with zero attached hydrogens (tertiary/aromatic N) is 2. The lowest BCUT2D eigenvalue weighted by Gasteiger charge is -2.09. The fraction of sp³-hybridized carbons (Fsp3) is 0.286. The molecule has 1 aromatic heterocycles. The second-order valence-corrected chi connectivity index (χ2v) is 8.10. The maximum Gasteiger partial charge on any atom is 0.271 e. The van der Waals surface area contributed by atoms with E-state index < -0.39 is 15.9 Å². The van der Waals surface area contributed by atoms with Crippen LogP contribution in [0.3, 0.4) is 0 Å². The number of hydrogen-bond acceptors (Lipinski definition) is 6. The van der Waals surface area contributed by atoms with Crippen molar-refractivity contribution in [1.82, 2.24) is 9.78 Å². The molecule has 0 radical (unpaired) electrons. The largest absolute Gasteiger partial charge is 0.454 e. The van der Waals surface area contributed by atoms with Gasteiger partial charge in [-0.2, -0.15) is 5.10 Å². The number of halogens is 1.